The predicted molar refractivity (Wildman–Crippen MR) is 51.1 cm³/mol. The van der Waals surface area contributed by atoms with Crippen molar-refractivity contribution in [2.24, 2.45) is 5.92 Å². The highest BCUT2D eigenvalue weighted by Gasteiger charge is 2.12. The molecule has 0 bridgehead atoms. The third-order valence-corrected chi connectivity index (χ3v) is 2.52. The maximum atomic E-state index is 8.81. The molecule has 0 aromatic heterocycles. The van der Waals surface area contributed by atoms with Crippen molar-refractivity contribution in [3.63, 3.8) is 0 Å². The first-order valence-electron chi connectivity index (χ1n) is 4.85. The number of nitrogens with zero attached hydrogens (tertiary/aromatic N) is 1. The van der Waals surface area contributed by atoms with Gasteiger partial charge in [0.1, 0.15) is 0 Å². The highest BCUT2D eigenvalue weighted by Crippen LogP contribution is 2.11. The lowest BCUT2D eigenvalue weighted by Crippen LogP contribution is -2.27. The predicted octanol–water partition coefficient (Wildman–Crippen LogP) is 1.27. The van der Waals surface area contributed by atoms with Gasteiger partial charge < -0.3 is 5.11 Å². The van der Waals surface area contributed by atoms with E-state index in [9.17, 15) is 0 Å². The molecular weight excluding hydrogens is 150 g/mol. The van der Waals surface area contributed by atoms with Crippen LogP contribution in [0.5, 0.6) is 0 Å². The molecule has 0 fully saturated rings. The van der Waals surface area contributed by atoms with E-state index in [0.29, 0.717) is 12.5 Å². The highest BCUT2D eigenvalue weighted by molar-refractivity contribution is 4.95. The summed E-state index contributed by atoms with van der Waals surface area (Å²) < 4.78 is 0. The van der Waals surface area contributed by atoms with E-state index < -0.39 is 0 Å². The van der Waals surface area contributed by atoms with Gasteiger partial charge in [-0.25, -0.2) is 0 Å². The van der Waals surface area contributed by atoms with Gasteiger partial charge in [0.15, 0.2) is 0 Å². The molecule has 1 N–H and O–H groups in total. The third kappa shape index (κ3) is 2.95. The molecule has 1 rings (SSSR count). The Morgan fingerprint density at radius 2 is 2.08 bits per heavy atom. The maximum absolute atomic E-state index is 8.81. The van der Waals surface area contributed by atoms with E-state index in [1.807, 2.05) is 0 Å². The summed E-state index contributed by atoms with van der Waals surface area (Å²) in [5, 5.41) is 8.81. The fourth-order valence-corrected chi connectivity index (χ4v) is 1.64. The first-order chi connectivity index (χ1) is 5.86. The first-order valence-corrected chi connectivity index (χ1v) is 4.85. The maximum Gasteiger partial charge on any atom is 0.0434 e. The monoisotopic (exact) mass is 169 g/mol. The molecule has 1 heterocycles. The third-order valence-electron chi connectivity index (χ3n) is 2.52. The molecule has 1 unspecified atom stereocenters. The largest absolute Gasteiger partial charge is 0.396 e. The Hall–Kier alpha value is -0.340. The van der Waals surface area contributed by atoms with E-state index in [4.69, 9.17) is 5.11 Å². The van der Waals surface area contributed by atoms with Crippen molar-refractivity contribution in [1.82, 2.24) is 4.90 Å². The van der Waals surface area contributed by atoms with Crippen molar-refractivity contribution in [2.45, 2.75) is 19.8 Å². The molecule has 2 nitrogen and oxygen atoms in total. The average molecular weight is 169 g/mol. The molecule has 0 aliphatic carbocycles. The first kappa shape index (κ1) is 9.75. The molecule has 12 heavy (non-hydrogen) atoms. The van der Waals surface area contributed by atoms with Gasteiger partial charge >= 0.3 is 0 Å². The van der Waals surface area contributed by atoms with Crippen LogP contribution in [0.4, 0.5) is 0 Å². The number of aliphatic hydroxyl groups is 1. The summed E-state index contributed by atoms with van der Waals surface area (Å²) in [7, 11) is 0. The van der Waals surface area contributed by atoms with Crippen molar-refractivity contribution in [2.75, 3.05) is 26.2 Å². The van der Waals surface area contributed by atoms with Crippen LogP contribution in [0, 0.1) is 5.92 Å². The van der Waals surface area contributed by atoms with Gasteiger partial charge in [0.25, 0.3) is 0 Å². The van der Waals surface area contributed by atoms with Crippen LogP contribution in [-0.4, -0.2) is 36.2 Å². The normalized spacial score (nSPS) is 20.2. The second kappa shape index (κ2) is 5.33. The van der Waals surface area contributed by atoms with Crippen LogP contribution < -0.4 is 0 Å². The fourth-order valence-electron chi connectivity index (χ4n) is 1.64. The van der Waals surface area contributed by atoms with Crippen LogP contribution in [0.25, 0.3) is 0 Å². The number of aliphatic hydroxyl groups excluding tert-OH is 1. The van der Waals surface area contributed by atoms with Gasteiger partial charge in [0.2, 0.25) is 0 Å². The van der Waals surface area contributed by atoms with Gasteiger partial charge in [-0.15, -0.1) is 0 Å². The number of hydrogen-bond donors (Lipinski definition) is 1. The Labute approximate surface area is 74.9 Å². The van der Waals surface area contributed by atoms with Gasteiger partial charge in [-0.2, -0.15) is 0 Å². The zero-order valence-corrected chi connectivity index (χ0v) is 7.87. The van der Waals surface area contributed by atoms with Crippen molar-refractivity contribution in [1.29, 1.82) is 0 Å². The van der Waals surface area contributed by atoms with Gasteiger partial charge in [-0.3, -0.25) is 4.90 Å². The second-order valence-corrected chi connectivity index (χ2v) is 3.48. The Morgan fingerprint density at radius 3 is 2.58 bits per heavy atom. The van der Waals surface area contributed by atoms with E-state index in [-0.39, 0.29) is 0 Å². The van der Waals surface area contributed by atoms with E-state index in [0.717, 1.165) is 26.1 Å². The molecule has 1 aliphatic rings. The summed E-state index contributed by atoms with van der Waals surface area (Å²) in [5.41, 5.74) is 0. The minimum absolute atomic E-state index is 0.333. The zero-order valence-electron chi connectivity index (χ0n) is 7.87. The minimum Gasteiger partial charge on any atom is -0.396 e. The van der Waals surface area contributed by atoms with Crippen LogP contribution in [0.15, 0.2) is 12.2 Å². The van der Waals surface area contributed by atoms with Crippen LogP contribution in [0.1, 0.15) is 19.8 Å². The van der Waals surface area contributed by atoms with Crippen LogP contribution in [-0.2, 0) is 0 Å². The molecule has 0 aromatic carbocycles. The lowest BCUT2D eigenvalue weighted by molar-refractivity contribution is 0.215. The van der Waals surface area contributed by atoms with Gasteiger partial charge in [-0.1, -0.05) is 25.5 Å². The summed E-state index contributed by atoms with van der Waals surface area (Å²) in [6, 6.07) is 0. The molecule has 0 aromatic rings. The molecule has 1 atom stereocenters. The van der Waals surface area contributed by atoms with Crippen LogP contribution >= 0.6 is 0 Å². The lowest BCUT2D eigenvalue weighted by atomic mass is 10.0. The Kier molecular flexibility index (Phi) is 4.33. The Balaban J connectivity index is 2.17. The minimum atomic E-state index is 0.333. The molecule has 0 amide bonds. The number of hydrogen-bond acceptors (Lipinski definition) is 2. The standard InChI is InChI=1S/C10H19NO/c1-2-10(5-8-12)9-11-6-3-4-7-11/h3-4,10,12H,2,5-9H2,1H3. The van der Waals surface area contributed by atoms with Gasteiger partial charge in [0.05, 0.1) is 0 Å². The summed E-state index contributed by atoms with van der Waals surface area (Å²) in [4.78, 5) is 2.42. The molecule has 0 spiro atoms. The molecular formula is C10H19NO. The van der Waals surface area contributed by atoms with Crippen molar-refractivity contribution >= 4 is 0 Å². The highest BCUT2D eigenvalue weighted by atomic mass is 16.3. The van der Waals surface area contributed by atoms with Crippen molar-refractivity contribution in [3.05, 3.63) is 12.2 Å². The molecule has 0 saturated heterocycles. The molecule has 70 valence electrons. The van der Waals surface area contributed by atoms with Crippen molar-refractivity contribution < 1.29 is 5.11 Å². The average Bonchev–Trinajstić information content (AvgIpc) is 2.56. The molecule has 0 saturated carbocycles. The van der Waals surface area contributed by atoms with Crippen LogP contribution in [0.3, 0.4) is 0 Å². The fraction of sp³-hybridized carbons (Fsp3) is 0.800. The van der Waals surface area contributed by atoms with Crippen molar-refractivity contribution in [3.8, 4) is 0 Å². The SMILES string of the molecule is CCC(CCO)CN1CC=CC1. The second-order valence-electron chi connectivity index (χ2n) is 3.48. The van der Waals surface area contributed by atoms with Gasteiger partial charge in [0, 0.05) is 26.2 Å². The van der Waals surface area contributed by atoms with E-state index in [1.165, 1.54) is 6.42 Å². The quantitative estimate of drug-likeness (QED) is 0.626. The molecule has 2 heteroatoms. The number of rotatable bonds is 5. The summed E-state index contributed by atoms with van der Waals surface area (Å²) >= 11 is 0. The smallest absolute Gasteiger partial charge is 0.0434 e. The Morgan fingerprint density at radius 1 is 1.42 bits per heavy atom. The summed E-state index contributed by atoms with van der Waals surface area (Å²) in [6.45, 7) is 5.87. The van der Waals surface area contributed by atoms with E-state index >= 15 is 0 Å². The Bertz CT molecular complexity index is 137. The van der Waals surface area contributed by atoms with Crippen LogP contribution in [0.2, 0.25) is 0 Å². The zero-order chi connectivity index (χ0) is 8.81. The molecule has 0 radical (unpaired) electrons. The summed E-state index contributed by atoms with van der Waals surface area (Å²) in [5.74, 6) is 0.676. The topological polar surface area (TPSA) is 23.5 Å². The lowest BCUT2D eigenvalue weighted by Gasteiger charge is -2.21. The van der Waals surface area contributed by atoms with E-state index in [1.54, 1.807) is 0 Å². The summed E-state index contributed by atoms with van der Waals surface area (Å²) in [6.07, 6.45) is 6.56. The molecule has 1 aliphatic heterocycles. The van der Waals surface area contributed by atoms with E-state index in [2.05, 4.69) is 24.0 Å². The van der Waals surface area contributed by atoms with Gasteiger partial charge in [-0.05, 0) is 12.3 Å².